The molecule has 0 aliphatic rings. The Morgan fingerprint density at radius 1 is 0.487 bits per heavy atom. The Morgan fingerprint density at radius 3 is 1.23 bits per heavy atom. The molecule has 2 nitrogen and oxygen atoms in total. The highest BCUT2D eigenvalue weighted by atomic mass is 32.1. The van der Waals surface area contributed by atoms with Crippen LogP contribution in [0.4, 0.5) is 0 Å². The van der Waals surface area contributed by atoms with Crippen LogP contribution in [0.25, 0.3) is 54.2 Å². The van der Waals surface area contributed by atoms with Gasteiger partial charge >= 0.3 is 0 Å². The minimum absolute atomic E-state index is 0.0662. The molecular formula is C34H32N2S3. The number of hydrogen-bond acceptors (Lipinski definition) is 5. The number of rotatable bonds is 4. The average molecular weight is 565 g/mol. The molecule has 3 aromatic heterocycles. The minimum Gasteiger partial charge on any atom is -0.172 e. The van der Waals surface area contributed by atoms with Crippen molar-refractivity contribution in [2.24, 2.45) is 0 Å². The van der Waals surface area contributed by atoms with Crippen LogP contribution >= 0.6 is 34.4 Å². The van der Waals surface area contributed by atoms with Crippen molar-refractivity contribution in [3.05, 3.63) is 94.7 Å². The Morgan fingerprint density at radius 2 is 0.872 bits per heavy atom. The molecule has 39 heavy (non-hydrogen) atoms. The van der Waals surface area contributed by atoms with E-state index >= 15 is 0 Å². The van der Waals surface area contributed by atoms with Gasteiger partial charge in [-0.15, -0.1) is 22.7 Å². The van der Waals surface area contributed by atoms with Gasteiger partial charge in [-0.05, 0) is 34.1 Å². The van der Waals surface area contributed by atoms with Gasteiger partial charge in [-0.2, -0.15) is 8.75 Å². The molecule has 3 aromatic carbocycles. The highest BCUT2D eigenvalue weighted by molar-refractivity contribution is 7.17. The van der Waals surface area contributed by atoms with Crippen molar-refractivity contribution in [3.63, 3.8) is 0 Å². The number of fused-ring (bicyclic) bond motifs is 1. The molecule has 0 aliphatic heterocycles. The van der Waals surface area contributed by atoms with Crippen LogP contribution in [-0.2, 0) is 10.8 Å². The maximum Gasteiger partial charge on any atom is 0.114 e. The quantitative estimate of drug-likeness (QED) is 0.213. The summed E-state index contributed by atoms with van der Waals surface area (Å²) >= 11 is 5.07. The molecule has 6 aromatic rings. The summed E-state index contributed by atoms with van der Waals surface area (Å²) in [5, 5.41) is 0. The lowest BCUT2D eigenvalue weighted by atomic mass is 9.92. The van der Waals surface area contributed by atoms with Crippen molar-refractivity contribution in [2.45, 2.75) is 52.4 Å². The van der Waals surface area contributed by atoms with Gasteiger partial charge in [0.05, 0.1) is 11.7 Å². The third-order valence-corrected chi connectivity index (χ3v) is 10.7. The van der Waals surface area contributed by atoms with Crippen molar-refractivity contribution >= 4 is 45.4 Å². The van der Waals surface area contributed by atoms with Crippen LogP contribution in [0.15, 0.2) is 84.9 Å². The second-order valence-electron chi connectivity index (χ2n) is 12.1. The van der Waals surface area contributed by atoms with Gasteiger partial charge in [0, 0.05) is 41.8 Å². The standard InChI is InChI=1S/C34H32N2S3/c1-33(2,3)27-19-25(21-13-9-7-10-14-21)31(37-27)23-17-18-24(30-29(23)35-39-36-30)32-26(22-15-11-8-12-16-22)20-28(38-32)34(4,5)6/h7-20H,1-6H3. The van der Waals surface area contributed by atoms with Gasteiger partial charge < -0.3 is 0 Å². The van der Waals surface area contributed by atoms with Gasteiger partial charge in [-0.1, -0.05) is 114 Å². The summed E-state index contributed by atoms with van der Waals surface area (Å²) in [6, 6.07) is 30.7. The number of nitrogens with zero attached hydrogens (tertiary/aromatic N) is 2. The molecule has 3 heterocycles. The number of hydrogen-bond donors (Lipinski definition) is 0. The third-order valence-electron chi connectivity index (χ3n) is 7.02. The zero-order chi connectivity index (χ0) is 27.4. The van der Waals surface area contributed by atoms with Gasteiger partial charge in [0.15, 0.2) is 0 Å². The maximum atomic E-state index is 4.89. The predicted octanol–water partition coefficient (Wildman–Crippen LogP) is 11.1. The average Bonchev–Trinajstić information content (AvgIpc) is 3.67. The summed E-state index contributed by atoms with van der Waals surface area (Å²) < 4.78 is 9.77. The van der Waals surface area contributed by atoms with Gasteiger partial charge in [0.1, 0.15) is 11.0 Å². The summed E-state index contributed by atoms with van der Waals surface area (Å²) in [6.07, 6.45) is 0. The maximum absolute atomic E-state index is 4.89. The van der Waals surface area contributed by atoms with Crippen LogP contribution in [0.2, 0.25) is 0 Å². The molecule has 6 rings (SSSR count). The Balaban J connectivity index is 1.58. The first kappa shape index (κ1) is 26.1. The van der Waals surface area contributed by atoms with E-state index in [1.54, 1.807) is 0 Å². The Hall–Kier alpha value is -3.12. The molecule has 0 aliphatic carbocycles. The molecule has 0 saturated carbocycles. The molecule has 0 N–H and O–H groups in total. The van der Waals surface area contributed by atoms with E-state index in [9.17, 15) is 0 Å². The zero-order valence-electron chi connectivity index (χ0n) is 23.2. The van der Waals surface area contributed by atoms with E-state index < -0.39 is 0 Å². The molecule has 5 heteroatoms. The van der Waals surface area contributed by atoms with E-state index in [1.807, 2.05) is 22.7 Å². The normalized spacial score (nSPS) is 12.4. The van der Waals surface area contributed by atoms with Crippen molar-refractivity contribution in [1.29, 1.82) is 0 Å². The zero-order valence-corrected chi connectivity index (χ0v) is 25.7. The van der Waals surface area contributed by atoms with E-state index in [1.165, 1.54) is 53.5 Å². The molecule has 0 bridgehead atoms. The fourth-order valence-electron chi connectivity index (χ4n) is 4.82. The molecular weight excluding hydrogens is 533 g/mol. The molecule has 0 radical (unpaired) electrons. The molecule has 0 amide bonds. The van der Waals surface area contributed by atoms with Gasteiger partial charge in [0.25, 0.3) is 0 Å². The lowest BCUT2D eigenvalue weighted by molar-refractivity contribution is 0.604. The first-order valence-corrected chi connectivity index (χ1v) is 15.6. The fraction of sp³-hybridized carbons (Fsp3) is 0.235. The van der Waals surface area contributed by atoms with Crippen LogP contribution in [0.1, 0.15) is 51.3 Å². The van der Waals surface area contributed by atoms with Crippen molar-refractivity contribution in [1.82, 2.24) is 8.75 Å². The number of aromatic nitrogens is 2. The molecule has 196 valence electrons. The largest absolute Gasteiger partial charge is 0.172 e. The summed E-state index contributed by atoms with van der Waals surface area (Å²) in [7, 11) is 0. The van der Waals surface area contributed by atoms with Crippen LogP contribution in [-0.4, -0.2) is 8.75 Å². The summed E-state index contributed by atoms with van der Waals surface area (Å²) in [5.41, 5.74) is 9.44. The second kappa shape index (κ2) is 9.81. The van der Waals surface area contributed by atoms with E-state index in [4.69, 9.17) is 8.75 Å². The first-order chi connectivity index (χ1) is 18.6. The fourth-order valence-corrected chi connectivity index (χ4v) is 7.92. The monoisotopic (exact) mass is 564 g/mol. The summed E-state index contributed by atoms with van der Waals surface area (Å²) in [6.45, 7) is 13.7. The minimum atomic E-state index is 0.0662. The Labute approximate surface area is 243 Å². The summed E-state index contributed by atoms with van der Waals surface area (Å²) in [5.74, 6) is 0. The lowest BCUT2D eigenvalue weighted by Crippen LogP contribution is -2.07. The SMILES string of the molecule is CC(C)(C)c1cc(-c2ccccc2)c(-c2ccc(-c3sc(C(C)(C)C)cc3-c3ccccc3)c3nsnc23)s1. The Kier molecular flexibility index (Phi) is 6.57. The van der Waals surface area contributed by atoms with E-state index in [0.29, 0.717) is 0 Å². The molecule has 0 unspecified atom stereocenters. The van der Waals surface area contributed by atoms with E-state index in [0.717, 1.165) is 22.2 Å². The highest BCUT2D eigenvalue weighted by Gasteiger charge is 2.26. The topological polar surface area (TPSA) is 25.8 Å². The van der Waals surface area contributed by atoms with Crippen molar-refractivity contribution in [2.75, 3.05) is 0 Å². The molecule has 0 spiro atoms. The first-order valence-electron chi connectivity index (χ1n) is 13.3. The highest BCUT2D eigenvalue weighted by Crippen LogP contribution is 2.49. The predicted molar refractivity (Wildman–Crippen MR) is 172 cm³/mol. The van der Waals surface area contributed by atoms with Gasteiger partial charge in [0.2, 0.25) is 0 Å². The number of benzene rings is 3. The van der Waals surface area contributed by atoms with Crippen LogP contribution in [0.5, 0.6) is 0 Å². The lowest BCUT2D eigenvalue weighted by Gasteiger charge is -2.15. The van der Waals surface area contributed by atoms with Crippen LogP contribution in [0, 0.1) is 0 Å². The smallest absolute Gasteiger partial charge is 0.114 e. The Bertz CT molecular complexity index is 1630. The van der Waals surface area contributed by atoms with Crippen molar-refractivity contribution < 1.29 is 0 Å². The molecule has 0 atom stereocenters. The number of thiophene rings is 2. The second-order valence-corrected chi connectivity index (χ2v) is 14.7. The molecule has 0 fully saturated rings. The van der Waals surface area contributed by atoms with Crippen molar-refractivity contribution in [3.8, 4) is 43.1 Å². The summed E-state index contributed by atoms with van der Waals surface area (Å²) in [4.78, 5) is 5.27. The van der Waals surface area contributed by atoms with Gasteiger partial charge in [-0.25, -0.2) is 0 Å². The van der Waals surface area contributed by atoms with E-state index in [2.05, 4.69) is 126 Å². The van der Waals surface area contributed by atoms with Crippen LogP contribution in [0.3, 0.4) is 0 Å². The third kappa shape index (κ3) is 4.88. The van der Waals surface area contributed by atoms with Gasteiger partial charge in [-0.3, -0.25) is 0 Å². The van der Waals surface area contributed by atoms with E-state index in [-0.39, 0.29) is 10.8 Å². The molecule has 0 saturated heterocycles. The van der Waals surface area contributed by atoms with Crippen LogP contribution < -0.4 is 0 Å².